The molecule has 0 radical (unpaired) electrons. The zero-order valence-electron chi connectivity index (χ0n) is 16.1. The highest BCUT2D eigenvalue weighted by atomic mass is 16.5. The van der Waals surface area contributed by atoms with Crippen molar-refractivity contribution in [1.29, 1.82) is 0 Å². The first-order valence-corrected chi connectivity index (χ1v) is 9.72. The number of hydrogen-bond acceptors (Lipinski definition) is 7. The first kappa shape index (κ1) is 18.2. The summed E-state index contributed by atoms with van der Waals surface area (Å²) in [5.74, 6) is 0.662. The number of pyridine rings is 1. The Balaban J connectivity index is 1.24. The quantitative estimate of drug-likeness (QED) is 0.517. The molecule has 0 aliphatic carbocycles. The van der Waals surface area contributed by atoms with Crippen LogP contribution in [0.2, 0.25) is 0 Å². The standard InChI is InChI=1S/C21H19N7O2/c29-21(19-1-5-22-14-26-19)27-6-3-17(4-7-27)30-18-9-15-2-8-28(20(15)25-12-18)16-10-23-13-24-11-16/h1-2,5,8-14,17H,3-4,6-7H2. The fourth-order valence-corrected chi connectivity index (χ4v) is 3.64. The Bertz CT molecular complexity index is 1160. The number of rotatable bonds is 4. The van der Waals surface area contributed by atoms with E-state index in [1.807, 2.05) is 27.8 Å². The third-order valence-electron chi connectivity index (χ3n) is 5.16. The number of amides is 1. The van der Waals surface area contributed by atoms with Gasteiger partial charge in [0.1, 0.15) is 35.8 Å². The summed E-state index contributed by atoms with van der Waals surface area (Å²) in [6.07, 6.45) is 13.2. The lowest BCUT2D eigenvalue weighted by atomic mass is 10.1. The Morgan fingerprint density at radius 1 is 1.00 bits per heavy atom. The number of nitrogens with zero attached hydrogens (tertiary/aromatic N) is 7. The van der Waals surface area contributed by atoms with Crippen LogP contribution in [-0.4, -0.2) is 59.5 Å². The Morgan fingerprint density at radius 3 is 2.60 bits per heavy atom. The first-order valence-electron chi connectivity index (χ1n) is 9.72. The van der Waals surface area contributed by atoms with Crippen LogP contribution in [0.4, 0.5) is 0 Å². The number of piperidine rings is 1. The van der Waals surface area contributed by atoms with Crippen LogP contribution in [0.25, 0.3) is 16.7 Å². The molecule has 1 amide bonds. The fourth-order valence-electron chi connectivity index (χ4n) is 3.64. The molecule has 30 heavy (non-hydrogen) atoms. The van der Waals surface area contributed by atoms with Gasteiger partial charge in [-0.05, 0) is 18.2 Å². The zero-order valence-corrected chi connectivity index (χ0v) is 16.1. The highest BCUT2D eigenvalue weighted by molar-refractivity contribution is 5.92. The second-order valence-corrected chi connectivity index (χ2v) is 7.07. The monoisotopic (exact) mass is 401 g/mol. The van der Waals surface area contributed by atoms with Gasteiger partial charge in [0.25, 0.3) is 5.91 Å². The predicted octanol–water partition coefficient (Wildman–Crippen LogP) is 2.29. The number of hydrogen-bond donors (Lipinski definition) is 0. The van der Waals surface area contributed by atoms with Gasteiger partial charge in [0.2, 0.25) is 0 Å². The maximum atomic E-state index is 12.5. The second-order valence-electron chi connectivity index (χ2n) is 7.07. The molecule has 4 aromatic rings. The van der Waals surface area contributed by atoms with Crippen LogP contribution in [0.15, 0.2) is 61.8 Å². The molecule has 5 heterocycles. The molecule has 0 unspecified atom stereocenters. The molecule has 9 heteroatoms. The summed E-state index contributed by atoms with van der Waals surface area (Å²) >= 11 is 0. The van der Waals surface area contributed by atoms with Crippen molar-refractivity contribution >= 4 is 16.9 Å². The van der Waals surface area contributed by atoms with Gasteiger partial charge in [-0.3, -0.25) is 9.36 Å². The zero-order chi connectivity index (χ0) is 20.3. The molecule has 1 saturated heterocycles. The van der Waals surface area contributed by atoms with Crippen molar-refractivity contribution in [1.82, 2.24) is 34.4 Å². The third kappa shape index (κ3) is 3.57. The number of likely N-dealkylation sites (tertiary alicyclic amines) is 1. The van der Waals surface area contributed by atoms with E-state index in [1.165, 1.54) is 12.7 Å². The van der Waals surface area contributed by atoms with Gasteiger partial charge in [0.15, 0.2) is 0 Å². The normalized spacial score (nSPS) is 14.7. The topological polar surface area (TPSA) is 98.9 Å². The van der Waals surface area contributed by atoms with Gasteiger partial charge in [-0.1, -0.05) is 0 Å². The Kier molecular flexibility index (Phi) is 4.76. The lowest BCUT2D eigenvalue weighted by Gasteiger charge is -2.31. The van der Waals surface area contributed by atoms with Crippen LogP contribution in [0.5, 0.6) is 5.75 Å². The second kappa shape index (κ2) is 7.86. The van der Waals surface area contributed by atoms with Crippen molar-refractivity contribution in [2.24, 2.45) is 0 Å². The van der Waals surface area contributed by atoms with E-state index in [0.29, 0.717) is 18.8 Å². The number of carbonyl (C=O) groups excluding carboxylic acids is 1. The summed E-state index contributed by atoms with van der Waals surface area (Å²) in [6, 6.07) is 5.62. The molecule has 0 bridgehead atoms. The van der Waals surface area contributed by atoms with Gasteiger partial charge in [0.05, 0.1) is 24.3 Å². The van der Waals surface area contributed by atoms with Crippen molar-refractivity contribution in [2.75, 3.05) is 13.1 Å². The molecule has 1 aliphatic rings. The van der Waals surface area contributed by atoms with Gasteiger partial charge in [-0.2, -0.15) is 0 Å². The molecular weight excluding hydrogens is 382 g/mol. The van der Waals surface area contributed by atoms with Crippen LogP contribution >= 0.6 is 0 Å². The highest BCUT2D eigenvalue weighted by Gasteiger charge is 2.25. The van der Waals surface area contributed by atoms with Gasteiger partial charge < -0.3 is 9.64 Å². The first-order chi connectivity index (χ1) is 14.8. The minimum atomic E-state index is -0.0647. The van der Waals surface area contributed by atoms with E-state index in [9.17, 15) is 4.79 Å². The van der Waals surface area contributed by atoms with Crippen molar-refractivity contribution in [2.45, 2.75) is 18.9 Å². The van der Waals surface area contributed by atoms with E-state index in [2.05, 4.69) is 24.9 Å². The Hall–Kier alpha value is -3.88. The van der Waals surface area contributed by atoms with Gasteiger partial charge in [-0.15, -0.1) is 0 Å². The maximum absolute atomic E-state index is 12.5. The van der Waals surface area contributed by atoms with Crippen LogP contribution < -0.4 is 4.74 Å². The molecule has 0 aromatic carbocycles. The average molecular weight is 401 g/mol. The largest absolute Gasteiger partial charge is 0.489 e. The van der Waals surface area contributed by atoms with E-state index in [-0.39, 0.29) is 12.0 Å². The Morgan fingerprint density at radius 2 is 1.83 bits per heavy atom. The van der Waals surface area contributed by atoms with E-state index >= 15 is 0 Å². The smallest absolute Gasteiger partial charge is 0.272 e. The minimum Gasteiger partial charge on any atom is -0.489 e. The van der Waals surface area contributed by atoms with Crippen molar-refractivity contribution in [3.8, 4) is 11.4 Å². The molecule has 0 atom stereocenters. The molecule has 1 fully saturated rings. The lowest BCUT2D eigenvalue weighted by Crippen LogP contribution is -2.42. The molecule has 9 nitrogen and oxygen atoms in total. The maximum Gasteiger partial charge on any atom is 0.272 e. The Labute approximate surface area is 172 Å². The van der Waals surface area contributed by atoms with E-state index in [4.69, 9.17) is 4.74 Å². The van der Waals surface area contributed by atoms with Crippen LogP contribution in [0, 0.1) is 0 Å². The number of aromatic nitrogens is 6. The van der Waals surface area contributed by atoms with Gasteiger partial charge >= 0.3 is 0 Å². The molecular formula is C21H19N7O2. The third-order valence-corrected chi connectivity index (χ3v) is 5.16. The summed E-state index contributed by atoms with van der Waals surface area (Å²) in [5.41, 5.74) is 2.10. The molecule has 0 N–H and O–H groups in total. The number of fused-ring (bicyclic) bond motifs is 1. The summed E-state index contributed by atoms with van der Waals surface area (Å²) < 4.78 is 8.09. The van der Waals surface area contributed by atoms with Gasteiger partial charge in [-0.25, -0.2) is 24.9 Å². The van der Waals surface area contributed by atoms with E-state index in [1.54, 1.807) is 30.9 Å². The van der Waals surface area contributed by atoms with Crippen LogP contribution in [0.1, 0.15) is 23.3 Å². The van der Waals surface area contributed by atoms with Gasteiger partial charge in [0, 0.05) is 43.7 Å². The average Bonchev–Trinajstić information content (AvgIpc) is 3.23. The number of ether oxygens (including phenoxy) is 1. The molecule has 0 spiro atoms. The fraction of sp³-hybridized carbons (Fsp3) is 0.238. The van der Waals surface area contributed by atoms with Crippen LogP contribution in [0.3, 0.4) is 0 Å². The summed E-state index contributed by atoms with van der Waals surface area (Å²) in [4.78, 5) is 34.9. The van der Waals surface area contributed by atoms with Crippen molar-refractivity contribution in [3.63, 3.8) is 0 Å². The molecule has 5 rings (SSSR count). The van der Waals surface area contributed by atoms with Crippen molar-refractivity contribution < 1.29 is 9.53 Å². The van der Waals surface area contributed by atoms with Crippen molar-refractivity contribution in [3.05, 3.63) is 67.5 Å². The lowest BCUT2D eigenvalue weighted by molar-refractivity contribution is 0.0589. The predicted molar refractivity (Wildman–Crippen MR) is 108 cm³/mol. The SMILES string of the molecule is O=C(c1ccncn1)N1CCC(Oc2cnc3c(ccn3-c3cncnc3)c2)CC1. The molecule has 4 aromatic heterocycles. The molecule has 0 saturated carbocycles. The van der Waals surface area contributed by atoms with E-state index in [0.717, 1.165) is 35.3 Å². The van der Waals surface area contributed by atoms with Crippen LogP contribution in [-0.2, 0) is 0 Å². The molecule has 150 valence electrons. The molecule has 1 aliphatic heterocycles. The summed E-state index contributed by atoms with van der Waals surface area (Å²) in [7, 11) is 0. The van der Waals surface area contributed by atoms with E-state index < -0.39 is 0 Å². The number of carbonyl (C=O) groups is 1. The summed E-state index contributed by atoms with van der Waals surface area (Å²) in [5, 5.41) is 0.979. The summed E-state index contributed by atoms with van der Waals surface area (Å²) in [6.45, 7) is 1.26. The highest BCUT2D eigenvalue weighted by Crippen LogP contribution is 2.25. The minimum absolute atomic E-state index is 0.0447.